The first kappa shape index (κ1) is 25.7. The first-order chi connectivity index (χ1) is 19.2. The van der Waals surface area contributed by atoms with Crippen LogP contribution in [0, 0.1) is 12.7 Å². The fourth-order valence-corrected chi connectivity index (χ4v) is 5.27. The number of benzene rings is 1. The zero-order valence-electron chi connectivity index (χ0n) is 22.7. The predicted molar refractivity (Wildman–Crippen MR) is 149 cm³/mol. The lowest BCUT2D eigenvalue weighted by Gasteiger charge is -2.38. The van der Waals surface area contributed by atoms with Gasteiger partial charge in [0.05, 0.1) is 28.2 Å². The number of carbonyl (C=O) groups excluding carboxylic acids is 1. The van der Waals surface area contributed by atoms with Gasteiger partial charge in [-0.05, 0) is 39.0 Å². The summed E-state index contributed by atoms with van der Waals surface area (Å²) in [6, 6.07) is 7.49. The average molecular weight is 544 g/mol. The third-order valence-corrected chi connectivity index (χ3v) is 6.85. The Kier molecular flexibility index (Phi) is 6.54. The van der Waals surface area contributed by atoms with Gasteiger partial charge in [0, 0.05) is 74.1 Å². The van der Waals surface area contributed by atoms with Crippen LogP contribution in [0.4, 0.5) is 15.8 Å². The average Bonchev–Trinajstić information content (AvgIpc) is 3.50. The van der Waals surface area contributed by atoms with E-state index in [4.69, 9.17) is 4.74 Å². The summed E-state index contributed by atoms with van der Waals surface area (Å²) in [4.78, 5) is 29.1. The molecule has 206 valence electrons. The Hall–Kier alpha value is -4.58. The largest absolute Gasteiger partial charge is 0.457 e. The lowest BCUT2D eigenvalue weighted by atomic mass is 10.0. The molecule has 0 aliphatic carbocycles. The summed E-state index contributed by atoms with van der Waals surface area (Å²) in [5.74, 6) is -0.954. The molecule has 2 atom stereocenters. The molecule has 1 fully saturated rings. The number of hydrogen-bond acceptors (Lipinski definition) is 8. The van der Waals surface area contributed by atoms with E-state index in [0.29, 0.717) is 34.5 Å². The number of carbonyl (C=O) groups is 1. The highest BCUT2D eigenvalue weighted by molar-refractivity contribution is 6.13. The standard InChI is InChI=1S/C28H30FN9O2/c1-16-11-37(12-17(2)31-16)24-6-5-21(27(39)33-20-9-23(29)26-32-18(3)13-38(26)14-20)25-22(24)10-30-28(34-25)40-15-19-7-8-36(4)35-19/h5-10,13-14,16-17,31H,11-12,15H2,1-4H3,(H,33,39)/t16-,17-/m1/s1. The van der Waals surface area contributed by atoms with E-state index in [1.54, 1.807) is 40.7 Å². The van der Waals surface area contributed by atoms with Crippen molar-refractivity contribution in [2.75, 3.05) is 23.3 Å². The second kappa shape index (κ2) is 10.2. The number of imidazole rings is 1. The number of hydrogen-bond donors (Lipinski definition) is 2. The lowest BCUT2D eigenvalue weighted by molar-refractivity contribution is 0.102. The molecule has 1 saturated heterocycles. The van der Waals surface area contributed by atoms with Crippen LogP contribution in [0.2, 0.25) is 0 Å². The topological polar surface area (TPSA) is 115 Å². The Morgan fingerprint density at radius 3 is 2.73 bits per heavy atom. The summed E-state index contributed by atoms with van der Waals surface area (Å²) >= 11 is 0. The molecule has 0 spiro atoms. The normalized spacial score (nSPS) is 17.5. The Bertz CT molecular complexity index is 1720. The highest BCUT2D eigenvalue weighted by Gasteiger charge is 2.25. The maximum absolute atomic E-state index is 14.7. The third kappa shape index (κ3) is 5.05. The molecule has 1 aliphatic heterocycles. The number of halogens is 1. The van der Waals surface area contributed by atoms with Gasteiger partial charge >= 0.3 is 6.01 Å². The number of pyridine rings is 1. The first-order valence-corrected chi connectivity index (χ1v) is 13.1. The van der Waals surface area contributed by atoms with Crippen LogP contribution in [0.5, 0.6) is 6.01 Å². The van der Waals surface area contributed by atoms with Crippen LogP contribution >= 0.6 is 0 Å². The first-order valence-electron chi connectivity index (χ1n) is 13.1. The molecule has 0 radical (unpaired) electrons. The Morgan fingerprint density at radius 1 is 1.18 bits per heavy atom. The number of rotatable bonds is 6. The van der Waals surface area contributed by atoms with Gasteiger partial charge in [-0.2, -0.15) is 10.1 Å². The number of aryl methyl sites for hydroxylation is 2. The molecule has 6 rings (SSSR count). The zero-order chi connectivity index (χ0) is 28.0. The Morgan fingerprint density at radius 2 is 1.98 bits per heavy atom. The summed E-state index contributed by atoms with van der Waals surface area (Å²) in [6.07, 6.45) is 6.86. The molecule has 5 aromatic rings. The van der Waals surface area contributed by atoms with Crippen molar-refractivity contribution in [1.29, 1.82) is 0 Å². The van der Waals surface area contributed by atoms with E-state index in [9.17, 15) is 9.18 Å². The molecule has 0 bridgehead atoms. The number of ether oxygens (including phenoxy) is 1. The minimum absolute atomic E-state index is 0.132. The number of piperazine rings is 1. The van der Waals surface area contributed by atoms with Crippen LogP contribution in [0.25, 0.3) is 16.6 Å². The van der Waals surface area contributed by atoms with Gasteiger partial charge in [0.15, 0.2) is 11.5 Å². The molecule has 40 heavy (non-hydrogen) atoms. The molecule has 0 unspecified atom stereocenters. The molecule has 1 amide bonds. The third-order valence-electron chi connectivity index (χ3n) is 6.85. The molecule has 12 heteroatoms. The van der Waals surface area contributed by atoms with Crippen LogP contribution in [0.15, 0.2) is 49.1 Å². The van der Waals surface area contributed by atoms with E-state index in [-0.39, 0.29) is 18.3 Å². The van der Waals surface area contributed by atoms with Crippen molar-refractivity contribution < 1.29 is 13.9 Å². The molecule has 11 nitrogen and oxygen atoms in total. The van der Waals surface area contributed by atoms with Gasteiger partial charge < -0.3 is 24.7 Å². The molecular weight excluding hydrogens is 513 g/mol. The predicted octanol–water partition coefficient (Wildman–Crippen LogP) is 3.48. The summed E-state index contributed by atoms with van der Waals surface area (Å²) in [5, 5.41) is 11.4. The van der Waals surface area contributed by atoms with Crippen LogP contribution in [0.3, 0.4) is 0 Å². The van der Waals surface area contributed by atoms with E-state index in [1.165, 1.54) is 6.07 Å². The summed E-state index contributed by atoms with van der Waals surface area (Å²) in [5.41, 5.74) is 3.61. The number of fused-ring (bicyclic) bond motifs is 2. The van der Waals surface area contributed by atoms with Crippen molar-refractivity contribution in [1.82, 2.24) is 34.4 Å². The SMILES string of the molecule is Cc1cn2cc(NC(=O)c3ccc(N4C[C@@H](C)N[C@H](C)C4)c4cnc(OCc5ccn(C)n5)nc34)cc(F)c2n1. The zero-order valence-corrected chi connectivity index (χ0v) is 22.7. The number of anilines is 2. The second-order valence-electron chi connectivity index (χ2n) is 10.3. The minimum atomic E-state index is -0.527. The Labute approximate surface area is 230 Å². The van der Waals surface area contributed by atoms with Gasteiger partial charge in [-0.3, -0.25) is 9.48 Å². The van der Waals surface area contributed by atoms with Gasteiger partial charge in [-0.25, -0.2) is 14.4 Å². The van der Waals surface area contributed by atoms with Crippen molar-refractivity contribution in [3.05, 3.63) is 71.8 Å². The van der Waals surface area contributed by atoms with Crippen molar-refractivity contribution in [3.63, 3.8) is 0 Å². The monoisotopic (exact) mass is 543 g/mol. The van der Waals surface area contributed by atoms with Crippen LogP contribution < -0.4 is 20.3 Å². The van der Waals surface area contributed by atoms with Crippen molar-refractivity contribution in [2.45, 2.75) is 39.5 Å². The maximum atomic E-state index is 14.7. The van der Waals surface area contributed by atoms with E-state index in [0.717, 1.165) is 29.9 Å². The van der Waals surface area contributed by atoms with Crippen molar-refractivity contribution in [3.8, 4) is 6.01 Å². The Balaban J connectivity index is 1.37. The number of nitrogens with zero attached hydrogens (tertiary/aromatic N) is 7. The van der Waals surface area contributed by atoms with Gasteiger partial charge in [0.1, 0.15) is 6.61 Å². The van der Waals surface area contributed by atoms with E-state index in [2.05, 4.69) is 49.4 Å². The lowest BCUT2D eigenvalue weighted by Crippen LogP contribution is -2.54. The van der Waals surface area contributed by atoms with Crippen LogP contribution in [-0.4, -0.2) is 60.2 Å². The quantitative estimate of drug-likeness (QED) is 0.335. The van der Waals surface area contributed by atoms with Crippen molar-refractivity contribution in [2.24, 2.45) is 7.05 Å². The molecule has 1 aliphatic rings. The van der Waals surface area contributed by atoms with Gasteiger partial charge in [0.25, 0.3) is 5.91 Å². The van der Waals surface area contributed by atoms with E-state index < -0.39 is 11.7 Å². The summed E-state index contributed by atoms with van der Waals surface area (Å²) < 4.78 is 23.8. The highest BCUT2D eigenvalue weighted by Crippen LogP contribution is 2.31. The molecular formula is C28H30FN9O2. The number of amides is 1. The van der Waals surface area contributed by atoms with Gasteiger partial charge in [-0.1, -0.05) is 0 Å². The summed E-state index contributed by atoms with van der Waals surface area (Å²) in [7, 11) is 1.83. The smallest absolute Gasteiger partial charge is 0.317 e. The molecule has 1 aromatic carbocycles. The van der Waals surface area contributed by atoms with Gasteiger partial charge in [0.2, 0.25) is 0 Å². The highest BCUT2D eigenvalue weighted by atomic mass is 19.1. The summed E-state index contributed by atoms with van der Waals surface area (Å²) in [6.45, 7) is 7.85. The molecule has 0 saturated carbocycles. The fourth-order valence-electron chi connectivity index (χ4n) is 5.27. The maximum Gasteiger partial charge on any atom is 0.317 e. The fraction of sp³-hybridized carbons (Fsp3) is 0.321. The van der Waals surface area contributed by atoms with Crippen molar-refractivity contribution >= 4 is 33.8 Å². The van der Waals surface area contributed by atoms with Crippen LogP contribution in [0.1, 0.15) is 35.6 Å². The van der Waals surface area contributed by atoms with E-state index >= 15 is 0 Å². The minimum Gasteiger partial charge on any atom is -0.457 e. The molecule has 2 N–H and O–H groups in total. The molecule has 5 heterocycles. The second-order valence-corrected chi connectivity index (χ2v) is 10.3. The number of aromatic nitrogens is 6. The van der Waals surface area contributed by atoms with E-state index in [1.807, 2.05) is 25.4 Å². The molecule has 4 aromatic heterocycles. The number of nitrogens with one attached hydrogen (secondary N) is 2. The van der Waals surface area contributed by atoms with Crippen LogP contribution in [-0.2, 0) is 13.7 Å². The van der Waals surface area contributed by atoms with Gasteiger partial charge in [-0.15, -0.1) is 0 Å².